The summed E-state index contributed by atoms with van der Waals surface area (Å²) in [5.74, 6) is 3.07. The zero-order chi connectivity index (χ0) is 22.2. The molecule has 0 spiro atoms. The molecule has 5 rings (SSSR count). The third-order valence-corrected chi connectivity index (χ3v) is 6.80. The minimum atomic E-state index is 0.0367. The van der Waals surface area contributed by atoms with Gasteiger partial charge in [0.1, 0.15) is 24.8 Å². The van der Waals surface area contributed by atoms with Crippen LogP contribution in [0.1, 0.15) is 41.5 Å². The summed E-state index contributed by atoms with van der Waals surface area (Å²) >= 11 is 6.50. The first-order valence-corrected chi connectivity index (χ1v) is 11.3. The molecule has 3 aromatic rings. The molecular weight excluding hydrogens is 430 g/mol. The summed E-state index contributed by atoms with van der Waals surface area (Å²) in [4.78, 5) is 23.7. The van der Waals surface area contributed by atoms with Gasteiger partial charge in [0.2, 0.25) is 0 Å². The van der Waals surface area contributed by atoms with E-state index in [-0.39, 0.29) is 17.7 Å². The Labute approximate surface area is 191 Å². The SMILES string of the molecule is COc1ccc2nc([C@H]3C[C@H](CC(=O)c4ccc5c(c4Cl)OCCO5)CCN3C)[nH]c2c1. The molecule has 2 atom stereocenters. The Morgan fingerprint density at radius 3 is 2.97 bits per heavy atom. The van der Waals surface area contributed by atoms with Crippen molar-refractivity contribution in [3.05, 3.63) is 46.7 Å². The van der Waals surface area contributed by atoms with Crippen molar-refractivity contribution in [1.82, 2.24) is 14.9 Å². The number of rotatable bonds is 5. The molecule has 3 heterocycles. The minimum Gasteiger partial charge on any atom is -0.497 e. The van der Waals surface area contributed by atoms with E-state index < -0.39 is 0 Å². The fraction of sp³-hybridized carbons (Fsp3) is 0.417. The van der Waals surface area contributed by atoms with Gasteiger partial charge in [0.15, 0.2) is 17.3 Å². The molecular formula is C24H26ClN3O4. The van der Waals surface area contributed by atoms with Crippen molar-refractivity contribution in [3.8, 4) is 17.2 Å². The van der Waals surface area contributed by atoms with Gasteiger partial charge in [0.25, 0.3) is 0 Å². The zero-order valence-electron chi connectivity index (χ0n) is 18.2. The number of methoxy groups -OCH3 is 1. The predicted octanol–water partition coefficient (Wildman–Crippen LogP) is 4.65. The molecule has 2 aromatic carbocycles. The molecule has 7 nitrogen and oxygen atoms in total. The van der Waals surface area contributed by atoms with Gasteiger partial charge in [-0.1, -0.05) is 11.6 Å². The number of piperidine rings is 1. The van der Waals surface area contributed by atoms with Crippen molar-refractivity contribution in [2.45, 2.75) is 25.3 Å². The summed E-state index contributed by atoms with van der Waals surface area (Å²) in [7, 11) is 3.76. The number of H-pyrrole nitrogens is 1. The number of fused-ring (bicyclic) bond motifs is 2. The third kappa shape index (κ3) is 3.91. The normalized spacial score (nSPS) is 21.0. The fourth-order valence-corrected chi connectivity index (χ4v) is 4.94. The van der Waals surface area contributed by atoms with Crippen molar-refractivity contribution in [1.29, 1.82) is 0 Å². The first-order chi connectivity index (χ1) is 15.5. The molecule has 1 N–H and O–H groups in total. The molecule has 2 aliphatic heterocycles. The summed E-state index contributed by atoms with van der Waals surface area (Å²) in [6.07, 6.45) is 2.24. The fourth-order valence-electron chi connectivity index (χ4n) is 4.62. The van der Waals surface area contributed by atoms with E-state index in [1.165, 1.54) is 0 Å². The van der Waals surface area contributed by atoms with E-state index >= 15 is 0 Å². The van der Waals surface area contributed by atoms with E-state index in [1.807, 2.05) is 18.2 Å². The van der Waals surface area contributed by atoms with Crippen molar-refractivity contribution in [2.75, 3.05) is 33.9 Å². The highest BCUT2D eigenvalue weighted by molar-refractivity contribution is 6.35. The van der Waals surface area contributed by atoms with Crippen LogP contribution < -0.4 is 14.2 Å². The van der Waals surface area contributed by atoms with E-state index in [9.17, 15) is 4.79 Å². The number of aromatic amines is 1. The number of carbonyl (C=O) groups excluding carboxylic acids is 1. The lowest BCUT2D eigenvalue weighted by Crippen LogP contribution is -2.35. The molecule has 32 heavy (non-hydrogen) atoms. The van der Waals surface area contributed by atoms with Crippen LogP contribution in [0.3, 0.4) is 0 Å². The number of hydrogen-bond acceptors (Lipinski definition) is 6. The molecule has 0 aliphatic carbocycles. The molecule has 0 amide bonds. The van der Waals surface area contributed by atoms with Gasteiger partial charge >= 0.3 is 0 Å². The van der Waals surface area contributed by atoms with Crippen LogP contribution >= 0.6 is 11.6 Å². The number of likely N-dealkylation sites (tertiary alicyclic amines) is 1. The van der Waals surface area contributed by atoms with Crippen LogP contribution in [0, 0.1) is 5.92 Å². The van der Waals surface area contributed by atoms with Gasteiger partial charge in [0.05, 0.1) is 29.2 Å². The minimum absolute atomic E-state index is 0.0367. The molecule has 1 saturated heterocycles. The van der Waals surface area contributed by atoms with Gasteiger partial charge in [-0.15, -0.1) is 0 Å². The number of ketones is 1. The number of ether oxygens (including phenoxy) is 3. The molecule has 8 heteroatoms. The number of Topliss-reactive ketones (excluding diaryl/α,β-unsaturated/α-hetero) is 1. The Morgan fingerprint density at radius 1 is 1.28 bits per heavy atom. The number of carbonyl (C=O) groups is 1. The number of hydrogen-bond donors (Lipinski definition) is 1. The Bertz CT molecular complexity index is 1160. The first-order valence-electron chi connectivity index (χ1n) is 10.9. The topological polar surface area (TPSA) is 76.7 Å². The molecule has 0 radical (unpaired) electrons. The maximum atomic E-state index is 13.1. The van der Waals surface area contributed by atoms with Gasteiger partial charge in [0, 0.05) is 18.1 Å². The van der Waals surface area contributed by atoms with Crippen molar-refractivity contribution < 1.29 is 19.0 Å². The smallest absolute Gasteiger partial charge is 0.180 e. The largest absolute Gasteiger partial charge is 0.497 e. The van der Waals surface area contributed by atoms with Crippen molar-refractivity contribution in [3.63, 3.8) is 0 Å². The second-order valence-electron chi connectivity index (χ2n) is 8.47. The molecule has 1 aromatic heterocycles. The molecule has 1 fully saturated rings. The lowest BCUT2D eigenvalue weighted by molar-refractivity contribution is 0.0885. The molecule has 0 unspecified atom stereocenters. The number of nitrogens with one attached hydrogen (secondary N) is 1. The van der Waals surface area contributed by atoms with E-state index in [0.717, 1.165) is 42.0 Å². The summed E-state index contributed by atoms with van der Waals surface area (Å²) in [6.45, 7) is 1.82. The van der Waals surface area contributed by atoms with Crippen molar-refractivity contribution in [2.24, 2.45) is 5.92 Å². The summed E-state index contributed by atoms with van der Waals surface area (Å²) in [5.41, 5.74) is 2.37. The summed E-state index contributed by atoms with van der Waals surface area (Å²) in [5, 5.41) is 0.350. The van der Waals surface area contributed by atoms with Crippen LogP contribution in [0.25, 0.3) is 11.0 Å². The number of halogens is 1. The number of imidazole rings is 1. The van der Waals surface area contributed by atoms with E-state index in [1.54, 1.807) is 19.2 Å². The predicted molar refractivity (Wildman–Crippen MR) is 122 cm³/mol. The second-order valence-corrected chi connectivity index (χ2v) is 8.85. The summed E-state index contributed by atoms with van der Waals surface area (Å²) in [6, 6.07) is 9.47. The van der Waals surface area contributed by atoms with Crippen LogP contribution in [0.5, 0.6) is 17.2 Å². The molecule has 0 bridgehead atoms. The highest BCUT2D eigenvalue weighted by Crippen LogP contribution is 2.41. The molecule has 168 valence electrons. The van der Waals surface area contributed by atoms with Gasteiger partial charge in [-0.05, 0) is 56.6 Å². The Kier molecular flexibility index (Phi) is 5.69. The number of aromatic nitrogens is 2. The van der Waals surface area contributed by atoms with E-state index in [4.69, 9.17) is 30.8 Å². The van der Waals surface area contributed by atoms with Crippen molar-refractivity contribution >= 4 is 28.4 Å². The van der Waals surface area contributed by atoms with Crippen LogP contribution in [0.15, 0.2) is 30.3 Å². The van der Waals surface area contributed by atoms with Crippen LogP contribution in [-0.4, -0.2) is 54.6 Å². The van der Waals surface area contributed by atoms with Gasteiger partial charge in [-0.2, -0.15) is 0 Å². The Hall–Kier alpha value is -2.77. The highest BCUT2D eigenvalue weighted by Gasteiger charge is 2.32. The van der Waals surface area contributed by atoms with E-state index in [0.29, 0.717) is 41.7 Å². The van der Waals surface area contributed by atoms with Crippen LogP contribution in [0.4, 0.5) is 0 Å². The second kappa shape index (κ2) is 8.64. The van der Waals surface area contributed by atoms with Crippen LogP contribution in [0.2, 0.25) is 5.02 Å². The van der Waals surface area contributed by atoms with Crippen LogP contribution in [-0.2, 0) is 0 Å². The Morgan fingerprint density at radius 2 is 2.12 bits per heavy atom. The number of benzene rings is 2. The number of nitrogens with zero attached hydrogens (tertiary/aromatic N) is 2. The van der Waals surface area contributed by atoms with Gasteiger partial charge < -0.3 is 19.2 Å². The van der Waals surface area contributed by atoms with Gasteiger partial charge in [-0.3, -0.25) is 9.69 Å². The average molecular weight is 456 g/mol. The summed E-state index contributed by atoms with van der Waals surface area (Å²) < 4.78 is 16.5. The maximum Gasteiger partial charge on any atom is 0.180 e. The first kappa shape index (κ1) is 21.1. The third-order valence-electron chi connectivity index (χ3n) is 6.42. The van der Waals surface area contributed by atoms with E-state index in [2.05, 4.69) is 16.9 Å². The maximum absolute atomic E-state index is 13.1. The monoisotopic (exact) mass is 455 g/mol. The zero-order valence-corrected chi connectivity index (χ0v) is 18.9. The molecule has 2 aliphatic rings. The highest BCUT2D eigenvalue weighted by atomic mass is 35.5. The van der Waals surface area contributed by atoms with Gasteiger partial charge in [-0.25, -0.2) is 4.98 Å². The average Bonchev–Trinajstić information content (AvgIpc) is 3.23. The lowest BCUT2D eigenvalue weighted by Gasteiger charge is -2.35. The standard InChI is InChI=1S/C24H26ClN3O4/c1-28-8-7-14(11-19(28)24-26-17-5-3-15(30-2)13-18(17)27-24)12-20(29)16-4-6-21-23(22(16)25)32-10-9-31-21/h3-6,13-14,19H,7-12H2,1-2H3,(H,26,27)/t14-,19-/m1/s1. The lowest BCUT2D eigenvalue weighted by atomic mass is 9.85. The Balaban J connectivity index is 1.33. The molecule has 0 saturated carbocycles. The quantitative estimate of drug-likeness (QED) is 0.564.